The summed E-state index contributed by atoms with van der Waals surface area (Å²) in [6.45, 7) is 5.43. The molecule has 1 aromatic heterocycles. The highest BCUT2D eigenvalue weighted by Gasteiger charge is 2.20. The number of ether oxygens (including phenoxy) is 1. The number of anilines is 1. The van der Waals surface area contributed by atoms with Gasteiger partial charge in [0.15, 0.2) is 5.82 Å². The molecule has 0 bridgehead atoms. The van der Waals surface area contributed by atoms with E-state index in [-0.39, 0.29) is 0 Å². The molecule has 0 fully saturated rings. The Morgan fingerprint density at radius 1 is 1.53 bits per heavy atom. The zero-order chi connectivity index (χ0) is 11.5. The quantitative estimate of drug-likeness (QED) is 0.704. The maximum atomic E-state index is 11.6. The Labute approximate surface area is 89.1 Å². The normalized spacial score (nSPS) is 10.9. The Bertz CT molecular complexity index is 332. The first-order chi connectivity index (χ1) is 6.90. The van der Waals surface area contributed by atoms with Crippen LogP contribution in [0.15, 0.2) is 12.4 Å². The van der Waals surface area contributed by atoms with Crippen molar-refractivity contribution in [2.45, 2.75) is 26.4 Å². The Kier molecular flexibility index (Phi) is 3.24. The molecule has 81 valence electrons. The van der Waals surface area contributed by atoms with Gasteiger partial charge in [0.1, 0.15) is 11.8 Å². The van der Waals surface area contributed by atoms with Gasteiger partial charge in [0.2, 0.25) is 0 Å². The maximum Gasteiger partial charge on any atom is 0.415 e. The van der Waals surface area contributed by atoms with Crippen LogP contribution in [0.5, 0.6) is 0 Å². The van der Waals surface area contributed by atoms with E-state index in [1.54, 1.807) is 7.05 Å². The predicted octanol–water partition coefficient (Wildman–Crippen LogP) is 1.65. The van der Waals surface area contributed by atoms with Crippen LogP contribution in [0.3, 0.4) is 0 Å². The fourth-order valence-corrected chi connectivity index (χ4v) is 0.854. The third-order valence-electron chi connectivity index (χ3n) is 1.52. The third-order valence-corrected chi connectivity index (χ3v) is 1.52. The van der Waals surface area contributed by atoms with E-state index in [0.29, 0.717) is 5.82 Å². The van der Waals surface area contributed by atoms with Crippen molar-refractivity contribution in [2.75, 3.05) is 11.9 Å². The van der Waals surface area contributed by atoms with Gasteiger partial charge in [0.05, 0.1) is 12.4 Å². The Balaban J connectivity index is 2.70. The van der Waals surface area contributed by atoms with Crippen molar-refractivity contribution < 1.29 is 9.53 Å². The zero-order valence-corrected chi connectivity index (χ0v) is 9.31. The monoisotopic (exact) mass is 208 g/mol. The molecule has 0 aliphatic carbocycles. The number of nitrogens with zero attached hydrogens (tertiary/aromatic N) is 3. The number of rotatable bonds is 1. The Morgan fingerprint density at radius 2 is 2.20 bits per heavy atom. The molecule has 1 heterocycles. The van der Waals surface area contributed by atoms with Crippen molar-refractivity contribution in [3.8, 4) is 0 Å². The average Bonchev–Trinajstić information content (AvgIpc) is 2.15. The highest BCUT2D eigenvalue weighted by Crippen LogP contribution is 2.12. The fraction of sp³-hybridized carbons (Fsp3) is 0.500. The Hall–Kier alpha value is -1.65. The summed E-state index contributed by atoms with van der Waals surface area (Å²) in [7, 11) is 1.58. The predicted molar refractivity (Wildman–Crippen MR) is 55.5 cm³/mol. The number of hydrogen-bond acceptors (Lipinski definition) is 4. The second kappa shape index (κ2) is 4.25. The number of aromatic nitrogens is 2. The van der Waals surface area contributed by atoms with Crippen LogP contribution in [0.2, 0.25) is 0 Å². The molecule has 1 amide bonds. The van der Waals surface area contributed by atoms with E-state index in [9.17, 15) is 4.79 Å². The van der Waals surface area contributed by atoms with E-state index in [2.05, 4.69) is 16.2 Å². The summed E-state index contributed by atoms with van der Waals surface area (Å²) in [4.78, 5) is 20.6. The standard InChI is InChI=1S/C10H14N3O2/c1-10(2,3)15-9(14)13(4)8-7-11-5-6-12-8/h6-7H,1-4H3. The molecule has 0 spiro atoms. The Morgan fingerprint density at radius 3 is 2.67 bits per heavy atom. The molecule has 0 aliphatic heterocycles. The number of carbonyl (C=O) groups excluding carboxylic acids is 1. The van der Waals surface area contributed by atoms with Gasteiger partial charge < -0.3 is 4.74 Å². The molecule has 15 heavy (non-hydrogen) atoms. The zero-order valence-electron chi connectivity index (χ0n) is 9.31. The average molecular weight is 208 g/mol. The SMILES string of the molecule is CN(C(=O)OC(C)(C)C)c1cn[c]cn1. The van der Waals surface area contributed by atoms with Crippen molar-refractivity contribution in [3.05, 3.63) is 18.6 Å². The van der Waals surface area contributed by atoms with Crippen LogP contribution in [-0.2, 0) is 4.74 Å². The van der Waals surface area contributed by atoms with Gasteiger partial charge in [-0.15, -0.1) is 0 Å². The first-order valence-corrected chi connectivity index (χ1v) is 4.55. The van der Waals surface area contributed by atoms with Crippen molar-refractivity contribution in [2.24, 2.45) is 0 Å². The molecule has 0 atom stereocenters. The van der Waals surface area contributed by atoms with Crippen molar-refractivity contribution in [1.82, 2.24) is 9.97 Å². The van der Waals surface area contributed by atoms with Gasteiger partial charge in [-0.3, -0.25) is 4.90 Å². The van der Waals surface area contributed by atoms with Crippen LogP contribution in [0, 0.1) is 6.20 Å². The third kappa shape index (κ3) is 3.53. The van der Waals surface area contributed by atoms with Gasteiger partial charge in [0, 0.05) is 7.05 Å². The van der Waals surface area contributed by atoms with Crippen LogP contribution < -0.4 is 4.90 Å². The van der Waals surface area contributed by atoms with E-state index in [1.807, 2.05) is 20.8 Å². The molecule has 0 N–H and O–H groups in total. The maximum absolute atomic E-state index is 11.6. The van der Waals surface area contributed by atoms with E-state index < -0.39 is 11.7 Å². The summed E-state index contributed by atoms with van der Waals surface area (Å²) in [5.41, 5.74) is -0.514. The molecule has 5 heteroatoms. The molecule has 1 radical (unpaired) electrons. The number of hydrogen-bond donors (Lipinski definition) is 0. The first-order valence-electron chi connectivity index (χ1n) is 4.55. The molecule has 0 saturated carbocycles. The highest BCUT2D eigenvalue weighted by molar-refractivity contribution is 5.85. The van der Waals surface area contributed by atoms with Crippen LogP contribution in [0.1, 0.15) is 20.8 Å². The minimum absolute atomic E-state index is 0.433. The fourth-order valence-electron chi connectivity index (χ4n) is 0.854. The largest absolute Gasteiger partial charge is 0.443 e. The van der Waals surface area contributed by atoms with Gasteiger partial charge in [-0.1, -0.05) is 0 Å². The van der Waals surface area contributed by atoms with Gasteiger partial charge >= 0.3 is 6.09 Å². The van der Waals surface area contributed by atoms with Crippen molar-refractivity contribution >= 4 is 11.9 Å². The van der Waals surface area contributed by atoms with Crippen LogP contribution >= 0.6 is 0 Å². The van der Waals surface area contributed by atoms with E-state index >= 15 is 0 Å². The molecular formula is C10H14N3O2. The topological polar surface area (TPSA) is 55.3 Å². The first kappa shape index (κ1) is 11.4. The van der Waals surface area contributed by atoms with Crippen molar-refractivity contribution in [3.63, 3.8) is 0 Å². The van der Waals surface area contributed by atoms with E-state index in [4.69, 9.17) is 4.74 Å². The summed E-state index contributed by atoms with van der Waals surface area (Å²) in [6, 6.07) is 0. The summed E-state index contributed by atoms with van der Waals surface area (Å²) in [5, 5.41) is 0. The van der Waals surface area contributed by atoms with Crippen LogP contribution in [0.4, 0.5) is 10.6 Å². The summed E-state index contributed by atoms with van der Waals surface area (Å²) < 4.78 is 5.16. The van der Waals surface area contributed by atoms with Crippen LogP contribution in [0.25, 0.3) is 0 Å². The van der Waals surface area contributed by atoms with Gasteiger partial charge in [-0.2, -0.15) is 0 Å². The summed E-state index contributed by atoms with van der Waals surface area (Å²) in [5.74, 6) is 0.433. The lowest BCUT2D eigenvalue weighted by atomic mass is 10.2. The van der Waals surface area contributed by atoms with Gasteiger partial charge in [0.25, 0.3) is 0 Å². The smallest absolute Gasteiger partial charge is 0.415 e. The molecule has 0 aliphatic rings. The van der Waals surface area contributed by atoms with E-state index in [1.165, 1.54) is 17.3 Å². The summed E-state index contributed by atoms with van der Waals surface area (Å²) in [6.07, 6.45) is 4.93. The summed E-state index contributed by atoms with van der Waals surface area (Å²) >= 11 is 0. The minimum Gasteiger partial charge on any atom is -0.443 e. The second-order valence-corrected chi connectivity index (χ2v) is 4.04. The minimum atomic E-state index is -0.514. The molecule has 1 rings (SSSR count). The lowest BCUT2D eigenvalue weighted by molar-refractivity contribution is 0.0588. The lowest BCUT2D eigenvalue weighted by Gasteiger charge is -2.23. The van der Waals surface area contributed by atoms with Gasteiger partial charge in [-0.25, -0.2) is 14.8 Å². The van der Waals surface area contributed by atoms with E-state index in [0.717, 1.165) is 0 Å². The number of carbonyl (C=O) groups is 1. The van der Waals surface area contributed by atoms with Crippen molar-refractivity contribution in [1.29, 1.82) is 0 Å². The molecule has 5 nitrogen and oxygen atoms in total. The second-order valence-electron chi connectivity index (χ2n) is 4.04. The number of amides is 1. The highest BCUT2D eigenvalue weighted by atomic mass is 16.6. The van der Waals surface area contributed by atoms with Gasteiger partial charge in [-0.05, 0) is 20.8 Å². The molecule has 0 unspecified atom stereocenters. The van der Waals surface area contributed by atoms with Crippen LogP contribution in [-0.4, -0.2) is 28.7 Å². The molecule has 1 aromatic rings. The lowest BCUT2D eigenvalue weighted by Crippen LogP contribution is -2.34. The molecule has 0 saturated heterocycles. The molecular weight excluding hydrogens is 194 g/mol. The molecule has 0 aromatic carbocycles.